The summed E-state index contributed by atoms with van der Waals surface area (Å²) in [5.41, 5.74) is -0.623. The fourth-order valence-corrected chi connectivity index (χ4v) is 2.16. The highest BCUT2D eigenvalue weighted by atomic mass is 19.4. The van der Waals surface area contributed by atoms with E-state index in [1.807, 2.05) is 0 Å². The van der Waals surface area contributed by atoms with Crippen LogP contribution in [-0.2, 0) is 19.8 Å². The quantitative estimate of drug-likeness (QED) is 0.914. The third-order valence-corrected chi connectivity index (χ3v) is 3.40. The van der Waals surface area contributed by atoms with E-state index in [4.69, 9.17) is 0 Å². The van der Waals surface area contributed by atoms with Gasteiger partial charge >= 0.3 is 6.18 Å². The molecule has 0 spiro atoms. The van der Waals surface area contributed by atoms with Crippen molar-refractivity contribution in [1.82, 2.24) is 20.0 Å². The van der Waals surface area contributed by atoms with Crippen molar-refractivity contribution in [1.29, 1.82) is 0 Å². The first-order chi connectivity index (χ1) is 11.6. The summed E-state index contributed by atoms with van der Waals surface area (Å²) in [7, 11) is 4.57. The van der Waals surface area contributed by atoms with Gasteiger partial charge in [0.25, 0.3) is 11.8 Å². The number of hydrogen-bond donors (Lipinski definition) is 1. The molecule has 0 saturated carbocycles. The number of rotatable bonds is 4. The summed E-state index contributed by atoms with van der Waals surface area (Å²) in [6, 6.07) is 6.44. The van der Waals surface area contributed by atoms with E-state index in [1.54, 1.807) is 38.4 Å². The van der Waals surface area contributed by atoms with Crippen LogP contribution in [-0.4, -0.2) is 40.6 Å². The summed E-state index contributed by atoms with van der Waals surface area (Å²) >= 11 is 0. The first-order valence-electron chi connectivity index (χ1n) is 7.29. The van der Waals surface area contributed by atoms with Crippen molar-refractivity contribution < 1.29 is 22.8 Å². The highest BCUT2D eigenvalue weighted by Crippen LogP contribution is 2.30. The average molecular weight is 354 g/mol. The summed E-state index contributed by atoms with van der Waals surface area (Å²) < 4.78 is 39.6. The van der Waals surface area contributed by atoms with Gasteiger partial charge in [-0.2, -0.15) is 18.3 Å². The van der Waals surface area contributed by atoms with Crippen LogP contribution in [0.3, 0.4) is 0 Å². The number of nitrogens with one attached hydrogen (secondary N) is 1. The van der Waals surface area contributed by atoms with Crippen LogP contribution < -0.4 is 5.32 Å². The number of benzene rings is 1. The minimum Gasteiger partial charge on any atom is -0.348 e. The molecule has 0 aliphatic carbocycles. The molecule has 1 heterocycles. The molecule has 2 aromatic rings. The van der Waals surface area contributed by atoms with Gasteiger partial charge in [-0.05, 0) is 17.7 Å². The molecular weight excluding hydrogens is 337 g/mol. The Hall–Kier alpha value is -2.84. The molecule has 6 nitrogen and oxygen atoms in total. The lowest BCUT2D eigenvalue weighted by atomic mass is 10.1. The molecule has 0 atom stereocenters. The van der Waals surface area contributed by atoms with Gasteiger partial charge in [-0.25, -0.2) is 0 Å². The van der Waals surface area contributed by atoms with Crippen molar-refractivity contribution in [3.63, 3.8) is 0 Å². The molecule has 0 aliphatic heterocycles. The van der Waals surface area contributed by atoms with Crippen LogP contribution in [0, 0.1) is 0 Å². The van der Waals surface area contributed by atoms with E-state index in [0.29, 0.717) is 11.1 Å². The van der Waals surface area contributed by atoms with Gasteiger partial charge in [0.05, 0.1) is 5.56 Å². The lowest BCUT2D eigenvalue weighted by Gasteiger charge is -2.11. The van der Waals surface area contributed by atoms with E-state index in [0.717, 1.165) is 10.9 Å². The number of amides is 2. The number of alkyl halides is 3. The van der Waals surface area contributed by atoms with Crippen LogP contribution in [0.15, 0.2) is 30.5 Å². The largest absolute Gasteiger partial charge is 0.435 e. The normalized spacial score (nSPS) is 11.3. The lowest BCUT2D eigenvalue weighted by molar-refractivity contribution is -0.141. The van der Waals surface area contributed by atoms with Crippen LogP contribution in [0.4, 0.5) is 13.2 Å². The van der Waals surface area contributed by atoms with Crippen LogP contribution in [0.2, 0.25) is 0 Å². The number of hydrogen-bond acceptors (Lipinski definition) is 3. The molecule has 2 rings (SSSR count). The van der Waals surface area contributed by atoms with Crippen molar-refractivity contribution >= 4 is 11.8 Å². The van der Waals surface area contributed by atoms with Crippen molar-refractivity contribution in [2.75, 3.05) is 14.1 Å². The molecule has 0 bridgehead atoms. The predicted octanol–water partition coefficient (Wildman–Crippen LogP) is 2.07. The third-order valence-electron chi connectivity index (χ3n) is 3.40. The molecular formula is C16H17F3N4O2. The lowest BCUT2D eigenvalue weighted by Crippen LogP contribution is -2.25. The van der Waals surface area contributed by atoms with Gasteiger partial charge in [-0.15, -0.1) is 0 Å². The zero-order valence-electron chi connectivity index (χ0n) is 13.9. The zero-order valence-corrected chi connectivity index (χ0v) is 13.9. The smallest absolute Gasteiger partial charge is 0.348 e. The van der Waals surface area contributed by atoms with Crippen LogP contribution in [0.25, 0.3) is 0 Å². The van der Waals surface area contributed by atoms with Crippen molar-refractivity contribution in [3.05, 3.63) is 52.8 Å². The van der Waals surface area contributed by atoms with Crippen molar-refractivity contribution in [2.24, 2.45) is 7.05 Å². The van der Waals surface area contributed by atoms with Gasteiger partial charge in [0.15, 0.2) is 5.69 Å². The molecule has 1 aromatic heterocycles. The Morgan fingerprint density at radius 2 is 1.80 bits per heavy atom. The van der Waals surface area contributed by atoms with E-state index < -0.39 is 23.3 Å². The Kier molecular flexibility index (Phi) is 5.15. The van der Waals surface area contributed by atoms with Crippen LogP contribution in [0.1, 0.15) is 32.0 Å². The van der Waals surface area contributed by atoms with E-state index in [-0.39, 0.29) is 12.5 Å². The Labute approximate surface area is 142 Å². The molecule has 0 unspecified atom stereocenters. The number of carbonyl (C=O) groups excluding carboxylic acids is 2. The van der Waals surface area contributed by atoms with Gasteiger partial charge in [-0.3, -0.25) is 14.3 Å². The minimum absolute atomic E-state index is 0.0292. The Morgan fingerprint density at radius 3 is 2.32 bits per heavy atom. The Bertz CT molecular complexity index is 780. The Morgan fingerprint density at radius 1 is 1.20 bits per heavy atom. The fraction of sp³-hybridized carbons (Fsp3) is 0.312. The second-order valence-corrected chi connectivity index (χ2v) is 5.64. The van der Waals surface area contributed by atoms with Crippen LogP contribution in [0.5, 0.6) is 0 Å². The third kappa shape index (κ3) is 4.37. The minimum atomic E-state index is -4.71. The molecule has 1 aromatic carbocycles. The zero-order chi connectivity index (χ0) is 18.8. The molecule has 2 amide bonds. The Balaban J connectivity index is 2.07. The topological polar surface area (TPSA) is 67.2 Å². The van der Waals surface area contributed by atoms with E-state index >= 15 is 0 Å². The number of aryl methyl sites for hydroxylation is 1. The summed E-state index contributed by atoms with van der Waals surface area (Å²) in [4.78, 5) is 25.2. The predicted molar refractivity (Wildman–Crippen MR) is 83.8 cm³/mol. The van der Waals surface area contributed by atoms with Crippen LogP contribution >= 0.6 is 0 Å². The molecule has 134 valence electrons. The van der Waals surface area contributed by atoms with E-state index in [1.165, 1.54) is 11.9 Å². The van der Waals surface area contributed by atoms with E-state index in [9.17, 15) is 22.8 Å². The van der Waals surface area contributed by atoms with E-state index in [2.05, 4.69) is 10.4 Å². The van der Waals surface area contributed by atoms with Gasteiger partial charge in [0.1, 0.15) is 0 Å². The van der Waals surface area contributed by atoms with Crippen molar-refractivity contribution in [3.8, 4) is 0 Å². The number of nitrogens with zero attached hydrogens (tertiary/aromatic N) is 3. The second-order valence-electron chi connectivity index (χ2n) is 5.64. The molecule has 0 fully saturated rings. The molecule has 25 heavy (non-hydrogen) atoms. The maximum atomic E-state index is 12.9. The highest BCUT2D eigenvalue weighted by molar-refractivity contribution is 5.95. The molecule has 0 radical (unpaired) electrons. The maximum absolute atomic E-state index is 12.9. The van der Waals surface area contributed by atoms with Gasteiger partial charge < -0.3 is 10.2 Å². The molecule has 9 heteroatoms. The summed E-state index contributed by atoms with van der Waals surface area (Å²) in [6.07, 6.45) is -3.68. The first kappa shape index (κ1) is 18.5. The van der Waals surface area contributed by atoms with Gasteiger partial charge in [-0.1, -0.05) is 12.1 Å². The summed E-state index contributed by atoms with van der Waals surface area (Å²) in [5, 5.41) is 5.72. The number of halogens is 3. The number of carbonyl (C=O) groups is 2. The molecule has 0 aliphatic rings. The highest BCUT2D eigenvalue weighted by Gasteiger charge is 2.38. The first-order valence-corrected chi connectivity index (χ1v) is 7.29. The SMILES string of the molecule is CN(C)C(=O)c1ccc(CNC(=O)c2cn(C)nc2C(F)(F)F)cc1. The fourth-order valence-electron chi connectivity index (χ4n) is 2.16. The van der Waals surface area contributed by atoms with Gasteiger partial charge in [0, 0.05) is 39.4 Å². The standard InChI is InChI=1S/C16H17F3N4O2/c1-22(2)15(25)11-6-4-10(5-7-11)8-20-14(24)12-9-23(3)21-13(12)16(17,18)19/h4-7,9H,8H2,1-3H3,(H,20,24). The second kappa shape index (κ2) is 6.96. The number of aromatic nitrogens is 2. The average Bonchev–Trinajstić information content (AvgIpc) is 2.94. The molecule has 1 N–H and O–H groups in total. The summed E-state index contributed by atoms with van der Waals surface area (Å²) in [5.74, 6) is -1.03. The van der Waals surface area contributed by atoms with Crippen molar-refractivity contribution in [2.45, 2.75) is 12.7 Å². The van der Waals surface area contributed by atoms with Gasteiger partial charge in [0.2, 0.25) is 0 Å². The molecule has 0 saturated heterocycles. The maximum Gasteiger partial charge on any atom is 0.435 e. The monoisotopic (exact) mass is 354 g/mol. The summed E-state index contributed by atoms with van der Waals surface area (Å²) in [6.45, 7) is 0.0292.